The molecule has 1 aliphatic rings. The van der Waals surface area contributed by atoms with E-state index in [2.05, 4.69) is 0 Å². The topological polar surface area (TPSA) is 49.4 Å². The third-order valence-electron chi connectivity index (χ3n) is 4.91. The van der Waals surface area contributed by atoms with Crippen LogP contribution < -0.4 is 0 Å². The Hall–Kier alpha value is -2.31. The van der Waals surface area contributed by atoms with Crippen LogP contribution in [0.25, 0.3) is 22.4 Å². The van der Waals surface area contributed by atoms with E-state index >= 15 is 0 Å². The second-order valence-corrected chi connectivity index (χ2v) is 7.73. The van der Waals surface area contributed by atoms with Gasteiger partial charge in [0.05, 0.1) is 25.3 Å². The maximum Gasteiger partial charge on any atom is 0.217 e. The van der Waals surface area contributed by atoms with Crippen LogP contribution in [-0.2, 0) is 16.0 Å². The number of aromatic nitrogens is 2. The number of furan rings is 1. The lowest BCUT2D eigenvalue weighted by Gasteiger charge is -2.21. The number of nitrogens with zero attached hydrogens (tertiary/aromatic N) is 2. The summed E-state index contributed by atoms with van der Waals surface area (Å²) in [5.41, 5.74) is 2.71. The van der Waals surface area contributed by atoms with Gasteiger partial charge in [-0.05, 0) is 42.3 Å². The lowest BCUT2D eigenvalue weighted by atomic mass is 10.2. The van der Waals surface area contributed by atoms with Crippen molar-refractivity contribution in [3.8, 4) is 11.5 Å². The van der Waals surface area contributed by atoms with Crippen LogP contribution in [0.2, 0.25) is 10.0 Å². The van der Waals surface area contributed by atoms with E-state index in [-0.39, 0.29) is 0 Å². The molecule has 1 fully saturated rings. The Bertz CT molecular complexity index is 1160. The predicted molar refractivity (Wildman–Crippen MR) is 112 cm³/mol. The molecule has 0 N–H and O–H groups in total. The normalized spacial score (nSPS) is 15.2. The fourth-order valence-corrected chi connectivity index (χ4v) is 3.97. The Labute approximate surface area is 177 Å². The summed E-state index contributed by atoms with van der Waals surface area (Å²) in [6, 6.07) is 17.3. The van der Waals surface area contributed by atoms with Gasteiger partial charge in [0, 0.05) is 15.4 Å². The molecule has 0 radical (unpaired) electrons. The van der Waals surface area contributed by atoms with Gasteiger partial charge in [0.2, 0.25) is 6.29 Å². The number of hydrogen-bond donors (Lipinski definition) is 0. The number of halogens is 2. The van der Waals surface area contributed by atoms with Gasteiger partial charge in [-0.3, -0.25) is 4.68 Å². The maximum absolute atomic E-state index is 6.37. The van der Waals surface area contributed by atoms with E-state index in [0.717, 1.165) is 28.6 Å². The summed E-state index contributed by atoms with van der Waals surface area (Å²) in [7, 11) is 0. The zero-order valence-corrected chi connectivity index (χ0v) is 17.0. The van der Waals surface area contributed by atoms with E-state index in [4.69, 9.17) is 42.2 Å². The number of para-hydroxylation sites is 1. The number of rotatable bonds is 4. The van der Waals surface area contributed by atoms with Gasteiger partial charge >= 0.3 is 0 Å². The summed E-state index contributed by atoms with van der Waals surface area (Å²) >= 11 is 12.4. The minimum absolute atomic E-state index is 0.460. The quantitative estimate of drug-likeness (QED) is 0.394. The molecule has 7 heteroatoms. The molecule has 0 aliphatic carbocycles. The van der Waals surface area contributed by atoms with Crippen LogP contribution in [0.5, 0.6) is 0 Å². The molecule has 1 saturated heterocycles. The predicted octanol–water partition coefficient (Wildman–Crippen LogP) is 6.09. The molecule has 5 rings (SSSR count). The van der Waals surface area contributed by atoms with Crippen LogP contribution in [0.15, 0.2) is 59.0 Å². The van der Waals surface area contributed by atoms with Gasteiger partial charge in [0.15, 0.2) is 11.5 Å². The van der Waals surface area contributed by atoms with Gasteiger partial charge < -0.3 is 13.9 Å². The third kappa shape index (κ3) is 3.67. The molecular weight excluding hydrogens is 411 g/mol. The first-order valence-electron chi connectivity index (χ1n) is 9.42. The summed E-state index contributed by atoms with van der Waals surface area (Å²) in [5.74, 6) is 1.33. The number of benzene rings is 2. The largest absolute Gasteiger partial charge is 0.454 e. The molecular formula is C22H18Cl2N2O3. The first-order chi connectivity index (χ1) is 14.2. The van der Waals surface area contributed by atoms with Crippen LogP contribution >= 0.6 is 23.2 Å². The molecule has 5 nitrogen and oxygen atoms in total. The molecule has 2 aromatic carbocycles. The minimum Gasteiger partial charge on any atom is -0.454 e. The Morgan fingerprint density at radius 2 is 1.83 bits per heavy atom. The lowest BCUT2D eigenvalue weighted by Crippen LogP contribution is -2.17. The van der Waals surface area contributed by atoms with Crippen LogP contribution in [0.3, 0.4) is 0 Å². The highest BCUT2D eigenvalue weighted by atomic mass is 35.5. The van der Waals surface area contributed by atoms with Crippen LogP contribution in [0.4, 0.5) is 0 Å². The van der Waals surface area contributed by atoms with Crippen molar-refractivity contribution in [3.05, 3.63) is 76.0 Å². The average Bonchev–Trinajstić information content (AvgIpc) is 3.36. The van der Waals surface area contributed by atoms with E-state index in [1.807, 2.05) is 53.2 Å². The number of ether oxygens (including phenoxy) is 2. The molecule has 0 bridgehead atoms. The van der Waals surface area contributed by atoms with Gasteiger partial charge in [0.25, 0.3) is 0 Å². The molecule has 0 spiro atoms. The summed E-state index contributed by atoms with van der Waals surface area (Å²) in [4.78, 5) is 0. The smallest absolute Gasteiger partial charge is 0.217 e. The minimum atomic E-state index is -0.460. The van der Waals surface area contributed by atoms with Gasteiger partial charge in [0.1, 0.15) is 5.69 Å². The van der Waals surface area contributed by atoms with Gasteiger partial charge in [-0.15, -0.1) is 0 Å². The van der Waals surface area contributed by atoms with E-state index in [1.165, 1.54) is 0 Å². The first-order valence-corrected chi connectivity index (χ1v) is 10.2. The standard InChI is InChI=1S/C22H18Cl2N2O3/c23-15-7-6-14(17(24)12-15)13-26-18-5-2-1-4-16(18)21(25-26)19-8-9-20(29-19)22-27-10-3-11-28-22/h1-2,4-9,12,22H,3,10-11,13H2. The summed E-state index contributed by atoms with van der Waals surface area (Å²) in [6.07, 6.45) is 0.436. The van der Waals surface area contributed by atoms with Crippen molar-refractivity contribution >= 4 is 34.1 Å². The molecule has 0 saturated carbocycles. The third-order valence-corrected chi connectivity index (χ3v) is 5.50. The fourth-order valence-electron chi connectivity index (χ4n) is 3.50. The molecule has 2 aromatic heterocycles. The molecule has 0 amide bonds. The van der Waals surface area contributed by atoms with Gasteiger partial charge in [-0.2, -0.15) is 5.10 Å². The Kier molecular flexibility index (Phi) is 5.06. The first kappa shape index (κ1) is 18.7. The van der Waals surface area contributed by atoms with Crippen molar-refractivity contribution in [2.24, 2.45) is 0 Å². The van der Waals surface area contributed by atoms with Crippen molar-refractivity contribution in [1.82, 2.24) is 9.78 Å². The molecule has 0 unspecified atom stereocenters. The second kappa shape index (κ2) is 7.84. The van der Waals surface area contributed by atoms with Crippen LogP contribution in [0, 0.1) is 0 Å². The average molecular weight is 429 g/mol. The van der Waals surface area contributed by atoms with Crippen molar-refractivity contribution in [2.45, 2.75) is 19.3 Å². The van der Waals surface area contributed by atoms with Crippen molar-refractivity contribution < 1.29 is 13.9 Å². The summed E-state index contributed by atoms with van der Waals surface area (Å²) in [5, 5.41) is 7.06. The van der Waals surface area contributed by atoms with Crippen molar-refractivity contribution in [3.63, 3.8) is 0 Å². The summed E-state index contributed by atoms with van der Waals surface area (Å²) < 4.78 is 19.3. The van der Waals surface area contributed by atoms with Gasteiger partial charge in [-0.25, -0.2) is 0 Å². The van der Waals surface area contributed by atoms with E-state index in [0.29, 0.717) is 41.3 Å². The monoisotopic (exact) mass is 428 g/mol. The highest BCUT2D eigenvalue weighted by Gasteiger charge is 2.22. The highest BCUT2D eigenvalue weighted by Crippen LogP contribution is 2.33. The number of hydrogen-bond acceptors (Lipinski definition) is 4. The van der Waals surface area contributed by atoms with Gasteiger partial charge in [-0.1, -0.05) is 47.5 Å². The zero-order chi connectivity index (χ0) is 19.8. The van der Waals surface area contributed by atoms with Crippen molar-refractivity contribution in [1.29, 1.82) is 0 Å². The zero-order valence-electron chi connectivity index (χ0n) is 15.5. The van der Waals surface area contributed by atoms with Crippen LogP contribution in [-0.4, -0.2) is 23.0 Å². The fraction of sp³-hybridized carbons (Fsp3) is 0.227. The molecule has 0 atom stereocenters. The molecule has 3 heterocycles. The number of fused-ring (bicyclic) bond motifs is 1. The Balaban J connectivity index is 1.53. The van der Waals surface area contributed by atoms with E-state index < -0.39 is 6.29 Å². The molecule has 148 valence electrons. The Morgan fingerprint density at radius 3 is 2.66 bits per heavy atom. The SMILES string of the molecule is Clc1ccc(Cn2nc(-c3ccc(C4OCCCO4)o3)c3ccccc32)c(Cl)c1. The van der Waals surface area contributed by atoms with E-state index in [9.17, 15) is 0 Å². The lowest BCUT2D eigenvalue weighted by molar-refractivity contribution is -0.191. The highest BCUT2D eigenvalue weighted by molar-refractivity contribution is 6.35. The second-order valence-electron chi connectivity index (χ2n) is 6.89. The van der Waals surface area contributed by atoms with Crippen molar-refractivity contribution in [2.75, 3.05) is 13.2 Å². The molecule has 1 aliphatic heterocycles. The molecule has 4 aromatic rings. The summed E-state index contributed by atoms with van der Waals surface area (Å²) in [6.45, 7) is 1.86. The van der Waals surface area contributed by atoms with E-state index in [1.54, 1.807) is 6.07 Å². The molecule has 29 heavy (non-hydrogen) atoms. The maximum atomic E-state index is 6.37. The van der Waals surface area contributed by atoms with Crippen LogP contribution in [0.1, 0.15) is 24.0 Å². The Morgan fingerprint density at radius 1 is 1.00 bits per heavy atom.